The van der Waals surface area contributed by atoms with Crippen molar-refractivity contribution < 1.29 is 9.90 Å². The number of piperazine rings is 1. The lowest BCUT2D eigenvalue weighted by atomic mass is 9.92. The minimum absolute atomic E-state index is 0.276. The second-order valence-electron chi connectivity index (χ2n) is 7.53. The highest BCUT2D eigenvalue weighted by atomic mass is 16.3. The second-order valence-corrected chi connectivity index (χ2v) is 7.53. The van der Waals surface area contributed by atoms with E-state index >= 15 is 0 Å². The molecule has 2 saturated heterocycles. The summed E-state index contributed by atoms with van der Waals surface area (Å²) < 4.78 is 0. The first-order chi connectivity index (χ1) is 12.0. The highest BCUT2D eigenvalue weighted by Crippen LogP contribution is 2.24. The number of aromatic hydroxyl groups is 1. The van der Waals surface area contributed by atoms with Crippen LogP contribution in [-0.2, 0) is 11.3 Å². The normalized spacial score (nSPS) is 20.8. The molecule has 0 atom stereocenters. The molecule has 0 bridgehead atoms. The van der Waals surface area contributed by atoms with E-state index in [9.17, 15) is 9.90 Å². The van der Waals surface area contributed by atoms with Gasteiger partial charge < -0.3 is 14.9 Å². The number of carbonyl (C=O) groups is 1. The van der Waals surface area contributed by atoms with Crippen LogP contribution in [0.15, 0.2) is 12.1 Å². The topological polar surface area (TPSA) is 59.9 Å². The molecular formula is C19H30N4O2. The molecule has 0 spiro atoms. The lowest BCUT2D eigenvalue weighted by molar-refractivity contribution is -0.134. The van der Waals surface area contributed by atoms with E-state index in [4.69, 9.17) is 0 Å². The van der Waals surface area contributed by atoms with Gasteiger partial charge in [-0.05, 0) is 58.0 Å². The lowest BCUT2D eigenvalue weighted by Gasteiger charge is -2.35. The van der Waals surface area contributed by atoms with Crippen molar-refractivity contribution in [3.63, 3.8) is 0 Å². The van der Waals surface area contributed by atoms with Gasteiger partial charge in [0.05, 0.1) is 5.69 Å². The van der Waals surface area contributed by atoms with Crippen molar-refractivity contribution in [1.82, 2.24) is 19.7 Å². The number of pyridine rings is 1. The zero-order valence-corrected chi connectivity index (χ0v) is 15.4. The molecule has 0 aromatic carbocycles. The predicted molar refractivity (Wildman–Crippen MR) is 97.3 cm³/mol. The number of hydrogen-bond donors (Lipinski definition) is 1. The summed E-state index contributed by atoms with van der Waals surface area (Å²) in [5, 5.41) is 9.96. The first-order valence-electron chi connectivity index (χ1n) is 9.35. The third-order valence-corrected chi connectivity index (χ3v) is 5.49. The van der Waals surface area contributed by atoms with E-state index in [1.807, 2.05) is 17.9 Å². The average molecular weight is 346 g/mol. The summed E-state index contributed by atoms with van der Waals surface area (Å²) in [6.45, 7) is 8.27. The fourth-order valence-corrected chi connectivity index (χ4v) is 3.71. The first-order valence-corrected chi connectivity index (χ1v) is 9.35. The molecule has 0 radical (unpaired) electrons. The van der Waals surface area contributed by atoms with Crippen LogP contribution in [0, 0.1) is 12.8 Å². The molecule has 1 aromatic heterocycles. The number of aryl methyl sites for hydroxylation is 1. The Morgan fingerprint density at radius 2 is 1.84 bits per heavy atom. The fraction of sp³-hybridized carbons (Fsp3) is 0.684. The maximum atomic E-state index is 12.5. The molecule has 1 aromatic rings. The van der Waals surface area contributed by atoms with Gasteiger partial charge in [0.2, 0.25) is 5.91 Å². The van der Waals surface area contributed by atoms with Crippen molar-refractivity contribution in [2.75, 3.05) is 46.3 Å². The molecule has 2 aliphatic heterocycles. The van der Waals surface area contributed by atoms with Crippen LogP contribution in [0.25, 0.3) is 0 Å². The van der Waals surface area contributed by atoms with E-state index in [1.165, 1.54) is 0 Å². The molecule has 6 nitrogen and oxygen atoms in total. The number of amides is 1. The van der Waals surface area contributed by atoms with E-state index in [0.29, 0.717) is 24.8 Å². The van der Waals surface area contributed by atoms with Gasteiger partial charge >= 0.3 is 0 Å². The largest absolute Gasteiger partial charge is 0.506 e. The van der Waals surface area contributed by atoms with Crippen LogP contribution >= 0.6 is 0 Å². The van der Waals surface area contributed by atoms with Crippen LogP contribution in [0.5, 0.6) is 5.75 Å². The maximum absolute atomic E-state index is 12.5. The maximum Gasteiger partial charge on any atom is 0.222 e. The van der Waals surface area contributed by atoms with Crippen molar-refractivity contribution >= 4 is 5.91 Å². The highest BCUT2D eigenvalue weighted by Gasteiger charge is 2.26. The monoisotopic (exact) mass is 346 g/mol. The van der Waals surface area contributed by atoms with Crippen LogP contribution in [-0.4, -0.2) is 77.0 Å². The Kier molecular flexibility index (Phi) is 5.91. The van der Waals surface area contributed by atoms with E-state index in [0.717, 1.165) is 63.5 Å². The van der Waals surface area contributed by atoms with Crippen LogP contribution in [0.1, 0.15) is 30.7 Å². The number of nitrogens with zero attached hydrogens (tertiary/aromatic N) is 4. The zero-order valence-electron chi connectivity index (χ0n) is 15.4. The standard InChI is InChI=1S/C19H30N4O2/c1-15-3-4-18(24)17(20-15)14-22-7-5-16(6-8-22)13-19(25)23-11-9-21(2)10-12-23/h3-4,16,24H,5-14H2,1-2H3. The fourth-order valence-electron chi connectivity index (χ4n) is 3.71. The molecule has 0 aliphatic carbocycles. The summed E-state index contributed by atoms with van der Waals surface area (Å²) in [7, 11) is 2.11. The van der Waals surface area contributed by atoms with Crippen LogP contribution in [0.4, 0.5) is 0 Å². The van der Waals surface area contributed by atoms with Crippen LogP contribution in [0.2, 0.25) is 0 Å². The zero-order chi connectivity index (χ0) is 17.8. The molecule has 6 heteroatoms. The van der Waals surface area contributed by atoms with Gasteiger partial charge in [-0.2, -0.15) is 0 Å². The molecular weight excluding hydrogens is 316 g/mol. The molecule has 25 heavy (non-hydrogen) atoms. The van der Waals surface area contributed by atoms with Crippen molar-refractivity contribution in [2.24, 2.45) is 5.92 Å². The number of likely N-dealkylation sites (tertiary alicyclic amines) is 1. The highest BCUT2D eigenvalue weighted by molar-refractivity contribution is 5.76. The van der Waals surface area contributed by atoms with Crippen molar-refractivity contribution in [3.05, 3.63) is 23.5 Å². The Hall–Kier alpha value is -1.66. The van der Waals surface area contributed by atoms with Crippen LogP contribution < -0.4 is 0 Å². The summed E-state index contributed by atoms with van der Waals surface area (Å²) in [6, 6.07) is 3.55. The molecule has 1 N–H and O–H groups in total. The van der Waals surface area contributed by atoms with Gasteiger partial charge in [-0.15, -0.1) is 0 Å². The van der Waals surface area contributed by atoms with Gasteiger partial charge in [0, 0.05) is 44.8 Å². The van der Waals surface area contributed by atoms with Crippen molar-refractivity contribution in [2.45, 2.75) is 32.7 Å². The number of rotatable bonds is 4. The third kappa shape index (κ3) is 4.92. The molecule has 3 rings (SSSR count). The summed E-state index contributed by atoms with van der Waals surface area (Å²) in [4.78, 5) is 23.6. The molecule has 3 heterocycles. The van der Waals surface area contributed by atoms with E-state index in [1.54, 1.807) is 6.07 Å². The van der Waals surface area contributed by atoms with Crippen LogP contribution in [0.3, 0.4) is 0 Å². The minimum atomic E-state index is 0.276. The summed E-state index contributed by atoms with van der Waals surface area (Å²) in [6.07, 6.45) is 2.78. The quantitative estimate of drug-likeness (QED) is 0.895. The Labute approximate surface area is 150 Å². The summed E-state index contributed by atoms with van der Waals surface area (Å²) in [5.41, 5.74) is 1.69. The number of aromatic nitrogens is 1. The molecule has 0 unspecified atom stereocenters. The van der Waals surface area contributed by atoms with Crippen molar-refractivity contribution in [3.8, 4) is 5.75 Å². The molecule has 2 fully saturated rings. The van der Waals surface area contributed by atoms with Gasteiger partial charge in [0.1, 0.15) is 5.75 Å². The van der Waals surface area contributed by atoms with Gasteiger partial charge in [0.15, 0.2) is 0 Å². The van der Waals surface area contributed by atoms with Gasteiger partial charge in [0.25, 0.3) is 0 Å². The predicted octanol–water partition coefficient (Wildman–Crippen LogP) is 1.47. The molecule has 138 valence electrons. The summed E-state index contributed by atoms with van der Waals surface area (Å²) >= 11 is 0. The average Bonchev–Trinajstić information content (AvgIpc) is 2.60. The van der Waals surface area contributed by atoms with E-state index < -0.39 is 0 Å². The molecule has 0 saturated carbocycles. The first kappa shape index (κ1) is 18.1. The Morgan fingerprint density at radius 1 is 1.16 bits per heavy atom. The number of piperidine rings is 1. The van der Waals surface area contributed by atoms with Gasteiger partial charge in [-0.1, -0.05) is 0 Å². The van der Waals surface area contributed by atoms with Gasteiger partial charge in [-0.3, -0.25) is 14.7 Å². The molecule has 1 amide bonds. The number of hydrogen-bond acceptors (Lipinski definition) is 5. The third-order valence-electron chi connectivity index (χ3n) is 5.49. The Morgan fingerprint density at radius 3 is 2.52 bits per heavy atom. The van der Waals surface area contributed by atoms with E-state index in [-0.39, 0.29) is 5.75 Å². The second kappa shape index (κ2) is 8.15. The van der Waals surface area contributed by atoms with E-state index in [2.05, 4.69) is 21.8 Å². The smallest absolute Gasteiger partial charge is 0.222 e. The number of likely N-dealkylation sites (N-methyl/N-ethyl adjacent to an activating group) is 1. The van der Waals surface area contributed by atoms with Crippen molar-refractivity contribution in [1.29, 1.82) is 0 Å². The minimum Gasteiger partial charge on any atom is -0.506 e. The van der Waals surface area contributed by atoms with Gasteiger partial charge in [-0.25, -0.2) is 0 Å². The SMILES string of the molecule is Cc1ccc(O)c(CN2CCC(CC(=O)N3CCN(C)CC3)CC2)n1. The number of carbonyl (C=O) groups excluding carboxylic acids is 1. The Balaban J connectivity index is 1.44. The molecule has 2 aliphatic rings. The lowest BCUT2D eigenvalue weighted by Crippen LogP contribution is -2.47. The Bertz CT molecular complexity index is 591. The summed E-state index contributed by atoms with van der Waals surface area (Å²) in [5.74, 6) is 1.09.